The second-order valence-corrected chi connectivity index (χ2v) is 7.31. The fourth-order valence-electron chi connectivity index (χ4n) is 2.85. The molecule has 7 heteroatoms. The van der Waals surface area contributed by atoms with Crippen molar-refractivity contribution in [1.82, 2.24) is 9.78 Å². The standard InChI is InChI=1S/C20H16FN3O2S/c1-11-3-8-16(17(25)9-11)22-19(26)18-10-15-12(2)23-24(20(15)27-18)14-6-4-13(21)5-7-14/h3-10,25H,1-2H3,(H,22,26). The van der Waals surface area contributed by atoms with E-state index in [0.29, 0.717) is 10.6 Å². The molecule has 0 aliphatic carbocycles. The molecule has 2 N–H and O–H groups in total. The molecule has 0 atom stereocenters. The highest BCUT2D eigenvalue weighted by molar-refractivity contribution is 7.20. The number of rotatable bonds is 3. The quantitative estimate of drug-likeness (QED) is 0.501. The van der Waals surface area contributed by atoms with Crippen molar-refractivity contribution in [3.05, 3.63) is 70.5 Å². The Kier molecular flexibility index (Phi) is 4.16. The predicted molar refractivity (Wildman–Crippen MR) is 104 cm³/mol. The van der Waals surface area contributed by atoms with Crippen molar-refractivity contribution in [2.45, 2.75) is 13.8 Å². The number of aromatic nitrogens is 2. The van der Waals surface area contributed by atoms with E-state index in [-0.39, 0.29) is 17.5 Å². The largest absolute Gasteiger partial charge is 0.506 e. The molecule has 27 heavy (non-hydrogen) atoms. The molecule has 4 aromatic rings. The Labute approximate surface area is 158 Å². The zero-order valence-corrected chi connectivity index (χ0v) is 15.5. The highest BCUT2D eigenvalue weighted by Gasteiger charge is 2.18. The Hall–Kier alpha value is -3.19. The average Bonchev–Trinajstić information content (AvgIpc) is 3.19. The topological polar surface area (TPSA) is 67.2 Å². The molecule has 5 nitrogen and oxygen atoms in total. The number of amides is 1. The minimum Gasteiger partial charge on any atom is -0.506 e. The number of carbonyl (C=O) groups excluding carboxylic acids is 1. The molecule has 0 aliphatic rings. The Morgan fingerprint density at radius 1 is 1.15 bits per heavy atom. The van der Waals surface area contributed by atoms with E-state index in [9.17, 15) is 14.3 Å². The van der Waals surface area contributed by atoms with Crippen LogP contribution >= 0.6 is 11.3 Å². The smallest absolute Gasteiger partial charge is 0.265 e. The van der Waals surface area contributed by atoms with E-state index in [1.165, 1.54) is 23.5 Å². The molecule has 0 saturated heterocycles. The fourth-order valence-corrected chi connectivity index (χ4v) is 3.93. The number of carbonyl (C=O) groups is 1. The summed E-state index contributed by atoms with van der Waals surface area (Å²) in [4.78, 5) is 13.9. The van der Waals surface area contributed by atoms with E-state index in [4.69, 9.17) is 0 Å². The van der Waals surface area contributed by atoms with Gasteiger partial charge in [0.2, 0.25) is 0 Å². The predicted octanol–water partition coefficient (Wildman–Crippen LogP) is 4.80. The molecule has 0 aliphatic heterocycles. The number of nitrogens with zero attached hydrogens (tertiary/aromatic N) is 2. The van der Waals surface area contributed by atoms with Gasteiger partial charge in [0.1, 0.15) is 16.4 Å². The van der Waals surface area contributed by atoms with Crippen LogP contribution in [0.5, 0.6) is 5.75 Å². The van der Waals surface area contributed by atoms with E-state index in [1.807, 2.05) is 19.9 Å². The van der Waals surface area contributed by atoms with Crippen molar-refractivity contribution in [3.8, 4) is 11.4 Å². The Morgan fingerprint density at radius 2 is 1.89 bits per heavy atom. The van der Waals surface area contributed by atoms with Crippen LogP contribution in [0.15, 0.2) is 48.5 Å². The summed E-state index contributed by atoms with van der Waals surface area (Å²) in [7, 11) is 0. The van der Waals surface area contributed by atoms with Gasteiger partial charge in [0.15, 0.2) is 0 Å². The van der Waals surface area contributed by atoms with Crippen molar-refractivity contribution >= 4 is 33.1 Å². The SMILES string of the molecule is Cc1ccc(NC(=O)c2cc3c(C)nn(-c4ccc(F)cc4)c3s2)c(O)c1. The molecule has 2 aromatic carbocycles. The van der Waals surface area contributed by atoms with Crippen molar-refractivity contribution in [1.29, 1.82) is 0 Å². The summed E-state index contributed by atoms with van der Waals surface area (Å²) in [6.07, 6.45) is 0. The van der Waals surface area contributed by atoms with Crippen LogP contribution < -0.4 is 5.32 Å². The average molecular weight is 381 g/mol. The van der Waals surface area contributed by atoms with E-state index in [0.717, 1.165) is 27.2 Å². The van der Waals surface area contributed by atoms with Crippen LogP contribution in [0.1, 0.15) is 20.9 Å². The van der Waals surface area contributed by atoms with Gasteiger partial charge in [0, 0.05) is 5.39 Å². The van der Waals surface area contributed by atoms with Crippen LogP contribution in [0.25, 0.3) is 15.9 Å². The Morgan fingerprint density at radius 3 is 2.59 bits per heavy atom. The lowest BCUT2D eigenvalue weighted by Gasteiger charge is -2.06. The second-order valence-electron chi connectivity index (χ2n) is 6.28. The van der Waals surface area contributed by atoms with Crippen LogP contribution in [0, 0.1) is 19.7 Å². The number of nitrogens with one attached hydrogen (secondary N) is 1. The van der Waals surface area contributed by atoms with Crippen LogP contribution in [0.4, 0.5) is 10.1 Å². The molecular weight excluding hydrogens is 365 g/mol. The molecule has 0 radical (unpaired) electrons. The van der Waals surface area contributed by atoms with Crippen molar-refractivity contribution in [2.24, 2.45) is 0 Å². The fraction of sp³-hybridized carbons (Fsp3) is 0.100. The third-order valence-electron chi connectivity index (χ3n) is 4.24. The van der Waals surface area contributed by atoms with Gasteiger partial charge in [-0.25, -0.2) is 9.07 Å². The van der Waals surface area contributed by atoms with Crippen LogP contribution in [-0.2, 0) is 0 Å². The first-order valence-electron chi connectivity index (χ1n) is 8.28. The lowest BCUT2D eigenvalue weighted by atomic mass is 10.2. The molecule has 0 spiro atoms. The van der Waals surface area contributed by atoms with Crippen LogP contribution in [-0.4, -0.2) is 20.8 Å². The number of fused-ring (bicyclic) bond motifs is 1. The van der Waals surface area contributed by atoms with Crippen molar-refractivity contribution in [3.63, 3.8) is 0 Å². The van der Waals surface area contributed by atoms with Gasteiger partial charge < -0.3 is 10.4 Å². The molecule has 1 amide bonds. The van der Waals surface area contributed by atoms with E-state index < -0.39 is 0 Å². The lowest BCUT2D eigenvalue weighted by molar-refractivity contribution is 0.103. The Bertz CT molecular complexity index is 1160. The molecule has 0 unspecified atom stereocenters. The number of aryl methyl sites for hydroxylation is 2. The normalized spacial score (nSPS) is 11.1. The maximum Gasteiger partial charge on any atom is 0.265 e. The molecule has 0 fully saturated rings. The van der Waals surface area contributed by atoms with Gasteiger partial charge in [-0.15, -0.1) is 11.3 Å². The third-order valence-corrected chi connectivity index (χ3v) is 5.35. The highest BCUT2D eigenvalue weighted by atomic mass is 32.1. The van der Waals surface area contributed by atoms with Gasteiger partial charge in [-0.05, 0) is 61.9 Å². The first-order chi connectivity index (χ1) is 12.9. The summed E-state index contributed by atoms with van der Waals surface area (Å²) in [6, 6.07) is 12.9. The Balaban J connectivity index is 1.70. The van der Waals surface area contributed by atoms with Gasteiger partial charge in [-0.3, -0.25) is 4.79 Å². The maximum atomic E-state index is 13.2. The monoisotopic (exact) mass is 381 g/mol. The minimum atomic E-state index is -0.317. The summed E-state index contributed by atoms with van der Waals surface area (Å²) in [5.41, 5.74) is 2.77. The number of thiophene rings is 1. The zero-order chi connectivity index (χ0) is 19.1. The summed E-state index contributed by atoms with van der Waals surface area (Å²) in [6.45, 7) is 3.73. The highest BCUT2D eigenvalue weighted by Crippen LogP contribution is 2.32. The lowest BCUT2D eigenvalue weighted by Crippen LogP contribution is -2.10. The van der Waals surface area contributed by atoms with Gasteiger partial charge in [-0.1, -0.05) is 6.07 Å². The van der Waals surface area contributed by atoms with Gasteiger partial charge in [0.05, 0.1) is 21.9 Å². The number of benzene rings is 2. The van der Waals surface area contributed by atoms with E-state index in [2.05, 4.69) is 10.4 Å². The molecule has 136 valence electrons. The molecule has 2 heterocycles. The summed E-state index contributed by atoms with van der Waals surface area (Å²) in [5.74, 6) is -0.596. The minimum absolute atomic E-state index is 0.0260. The molecular formula is C20H16FN3O2S. The summed E-state index contributed by atoms with van der Waals surface area (Å²) < 4.78 is 14.9. The molecule has 0 bridgehead atoms. The van der Waals surface area contributed by atoms with Crippen molar-refractivity contribution < 1.29 is 14.3 Å². The van der Waals surface area contributed by atoms with Gasteiger partial charge in [-0.2, -0.15) is 5.10 Å². The maximum absolute atomic E-state index is 13.2. The summed E-state index contributed by atoms with van der Waals surface area (Å²) >= 11 is 1.29. The first-order valence-corrected chi connectivity index (χ1v) is 9.10. The number of halogens is 1. The second kappa shape index (κ2) is 6.51. The van der Waals surface area contributed by atoms with Crippen molar-refractivity contribution in [2.75, 3.05) is 5.32 Å². The number of hydrogen-bond acceptors (Lipinski definition) is 4. The van der Waals surface area contributed by atoms with Crippen LogP contribution in [0.2, 0.25) is 0 Å². The summed E-state index contributed by atoms with van der Waals surface area (Å²) in [5, 5.41) is 18.1. The van der Waals surface area contributed by atoms with Crippen LogP contribution in [0.3, 0.4) is 0 Å². The molecule has 0 saturated carbocycles. The number of hydrogen-bond donors (Lipinski definition) is 2. The number of phenolic OH excluding ortho intramolecular Hbond substituents is 1. The number of anilines is 1. The van der Waals surface area contributed by atoms with Gasteiger partial charge >= 0.3 is 0 Å². The molecule has 2 aromatic heterocycles. The third kappa shape index (κ3) is 3.17. The van der Waals surface area contributed by atoms with E-state index in [1.54, 1.807) is 35.0 Å². The van der Waals surface area contributed by atoms with E-state index >= 15 is 0 Å². The zero-order valence-electron chi connectivity index (χ0n) is 14.7. The number of aromatic hydroxyl groups is 1. The molecule has 4 rings (SSSR count). The first kappa shape index (κ1) is 17.2. The van der Waals surface area contributed by atoms with Gasteiger partial charge in [0.25, 0.3) is 5.91 Å². The number of phenols is 1.